The molecule has 1 amide bonds. The second-order valence-corrected chi connectivity index (χ2v) is 6.52. The number of hydrogen-bond donors (Lipinski definition) is 1. The molecular formula is C18H18BrNO4. The topological polar surface area (TPSA) is 56.8 Å². The Morgan fingerprint density at radius 3 is 2.62 bits per heavy atom. The first-order chi connectivity index (χ1) is 11.6. The molecule has 0 aromatic heterocycles. The van der Waals surface area contributed by atoms with Crippen LogP contribution in [0.5, 0.6) is 5.75 Å². The molecule has 0 aliphatic carbocycles. The smallest absolute Gasteiger partial charge is 0.408 e. The van der Waals surface area contributed by atoms with Gasteiger partial charge in [0.05, 0.1) is 20.3 Å². The van der Waals surface area contributed by atoms with Gasteiger partial charge >= 0.3 is 6.09 Å². The lowest BCUT2D eigenvalue weighted by molar-refractivity contribution is -0.0771. The molecule has 0 atom stereocenters. The summed E-state index contributed by atoms with van der Waals surface area (Å²) in [5, 5.41) is 2.93. The second-order valence-electron chi connectivity index (χ2n) is 5.61. The van der Waals surface area contributed by atoms with Crippen molar-refractivity contribution in [3.8, 4) is 5.75 Å². The number of carbonyl (C=O) groups excluding carboxylic acids is 1. The van der Waals surface area contributed by atoms with Crippen molar-refractivity contribution in [1.82, 2.24) is 5.32 Å². The summed E-state index contributed by atoms with van der Waals surface area (Å²) in [5.74, 6) is 0.691. The average Bonchev–Trinajstić information content (AvgIpc) is 2.57. The van der Waals surface area contributed by atoms with Gasteiger partial charge in [-0.2, -0.15) is 0 Å². The molecule has 1 heterocycles. The Kier molecular flexibility index (Phi) is 5.06. The number of ether oxygens (including phenoxy) is 3. The Morgan fingerprint density at radius 2 is 2.00 bits per heavy atom. The summed E-state index contributed by atoms with van der Waals surface area (Å²) in [7, 11) is 1.60. The molecule has 24 heavy (non-hydrogen) atoms. The molecule has 6 heteroatoms. The van der Waals surface area contributed by atoms with Gasteiger partial charge in [-0.1, -0.05) is 52.3 Å². The number of halogens is 1. The van der Waals surface area contributed by atoms with E-state index in [0.29, 0.717) is 19.0 Å². The quantitative estimate of drug-likeness (QED) is 0.845. The highest BCUT2D eigenvalue weighted by molar-refractivity contribution is 9.10. The summed E-state index contributed by atoms with van der Waals surface area (Å²) in [4.78, 5) is 12.2. The number of amides is 1. The molecule has 0 radical (unpaired) electrons. The summed E-state index contributed by atoms with van der Waals surface area (Å²) < 4.78 is 17.0. The predicted octanol–water partition coefficient (Wildman–Crippen LogP) is 3.61. The van der Waals surface area contributed by atoms with Crippen LogP contribution in [-0.2, 0) is 21.6 Å². The summed E-state index contributed by atoms with van der Waals surface area (Å²) >= 11 is 3.42. The van der Waals surface area contributed by atoms with Gasteiger partial charge in [0.25, 0.3) is 0 Å². The van der Waals surface area contributed by atoms with Crippen LogP contribution in [-0.4, -0.2) is 26.4 Å². The molecule has 2 aromatic carbocycles. The van der Waals surface area contributed by atoms with E-state index in [1.54, 1.807) is 7.11 Å². The van der Waals surface area contributed by atoms with Gasteiger partial charge in [-0.15, -0.1) is 0 Å². The molecule has 1 fully saturated rings. The fraction of sp³-hybridized carbons (Fsp3) is 0.278. The van der Waals surface area contributed by atoms with Crippen molar-refractivity contribution in [2.24, 2.45) is 0 Å². The van der Waals surface area contributed by atoms with Gasteiger partial charge in [-0.25, -0.2) is 4.79 Å². The van der Waals surface area contributed by atoms with Crippen molar-refractivity contribution in [2.75, 3.05) is 20.3 Å². The summed E-state index contributed by atoms with van der Waals surface area (Å²) in [6, 6.07) is 15.3. The van der Waals surface area contributed by atoms with Crippen LogP contribution in [0.15, 0.2) is 53.0 Å². The second kappa shape index (κ2) is 7.23. The predicted molar refractivity (Wildman–Crippen MR) is 93.0 cm³/mol. The molecule has 1 aliphatic rings. The number of methoxy groups -OCH3 is 1. The average molecular weight is 392 g/mol. The van der Waals surface area contributed by atoms with Crippen LogP contribution in [0, 0.1) is 0 Å². The first-order valence-corrected chi connectivity index (χ1v) is 8.33. The van der Waals surface area contributed by atoms with Crippen molar-refractivity contribution in [3.05, 3.63) is 64.1 Å². The molecule has 126 valence electrons. The van der Waals surface area contributed by atoms with Crippen molar-refractivity contribution in [3.63, 3.8) is 0 Å². The maximum Gasteiger partial charge on any atom is 0.408 e. The van der Waals surface area contributed by atoms with Crippen LogP contribution in [0.4, 0.5) is 4.79 Å². The van der Waals surface area contributed by atoms with Crippen LogP contribution in [0.2, 0.25) is 0 Å². The number of nitrogens with one attached hydrogen (secondary N) is 1. The normalized spacial score (nSPS) is 15.2. The van der Waals surface area contributed by atoms with Crippen molar-refractivity contribution >= 4 is 22.0 Å². The monoisotopic (exact) mass is 391 g/mol. The maximum atomic E-state index is 12.2. The van der Waals surface area contributed by atoms with Crippen LogP contribution < -0.4 is 10.1 Å². The van der Waals surface area contributed by atoms with E-state index in [0.717, 1.165) is 15.6 Å². The van der Waals surface area contributed by atoms with Gasteiger partial charge in [0.1, 0.15) is 17.9 Å². The Morgan fingerprint density at radius 1 is 1.25 bits per heavy atom. The van der Waals surface area contributed by atoms with E-state index in [1.807, 2.05) is 48.5 Å². The molecule has 0 unspecified atom stereocenters. The lowest BCUT2D eigenvalue weighted by atomic mass is 9.87. The zero-order valence-electron chi connectivity index (χ0n) is 13.3. The van der Waals surface area contributed by atoms with E-state index in [9.17, 15) is 4.79 Å². The third-order valence-corrected chi connectivity index (χ3v) is 4.42. The van der Waals surface area contributed by atoms with Crippen molar-refractivity contribution in [1.29, 1.82) is 0 Å². The highest BCUT2D eigenvalue weighted by atomic mass is 79.9. The molecule has 1 saturated heterocycles. The lowest BCUT2D eigenvalue weighted by Crippen LogP contribution is -2.59. The van der Waals surface area contributed by atoms with Crippen LogP contribution in [0.3, 0.4) is 0 Å². The maximum absolute atomic E-state index is 12.2. The van der Waals surface area contributed by atoms with E-state index in [4.69, 9.17) is 14.2 Å². The van der Waals surface area contributed by atoms with Gasteiger partial charge in [-0.05, 0) is 17.7 Å². The van der Waals surface area contributed by atoms with E-state index >= 15 is 0 Å². The lowest BCUT2D eigenvalue weighted by Gasteiger charge is -2.42. The summed E-state index contributed by atoms with van der Waals surface area (Å²) in [6.45, 7) is 0.984. The Hall–Kier alpha value is -2.05. The fourth-order valence-electron chi connectivity index (χ4n) is 2.62. The van der Waals surface area contributed by atoms with Gasteiger partial charge in [0.15, 0.2) is 0 Å². The van der Waals surface area contributed by atoms with E-state index in [-0.39, 0.29) is 6.61 Å². The number of hydrogen-bond acceptors (Lipinski definition) is 4. The highest BCUT2D eigenvalue weighted by Gasteiger charge is 2.44. The minimum atomic E-state index is -0.625. The number of carbonyl (C=O) groups is 1. The Labute approximate surface area is 149 Å². The summed E-state index contributed by atoms with van der Waals surface area (Å²) in [6.07, 6.45) is -0.480. The Bertz CT molecular complexity index is 716. The molecule has 2 aromatic rings. The SMILES string of the molecule is COc1cc(Br)ccc1C1(NC(=O)OCc2ccccc2)COC1. The Balaban J connectivity index is 1.71. The molecule has 5 nitrogen and oxygen atoms in total. The molecule has 1 aliphatic heterocycles. The fourth-order valence-corrected chi connectivity index (χ4v) is 2.96. The third-order valence-electron chi connectivity index (χ3n) is 3.93. The van der Waals surface area contributed by atoms with E-state index in [2.05, 4.69) is 21.2 Å². The zero-order chi connectivity index (χ0) is 17.0. The first kappa shape index (κ1) is 16.8. The summed E-state index contributed by atoms with van der Waals surface area (Å²) in [5.41, 5.74) is 1.18. The number of benzene rings is 2. The van der Waals surface area contributed by atoms with Crippen LogP contribution in [0.1, 0.15) is 11.1 Å². The van der Waals surface area contributed by atoms with Gasteiger partial charge in [-0.3, -0.25) is 0 Å². The minimum Gasteiger partial charge on any atom is -0.496 e. The molecule has 0 bridgehead atoms. The molecular weight excluding hydrogens is 374 g/mol. The zero-order valence-corrected chi connectivity index (χ0v) is 14.8. The third kappa shape index (κ3) is 3.55. The standard InChI is InChI=1S/C18H18BrNO4/c1-22-16-9-14(19)7-8-15(16)18(11-23-12-18)20-17(21)24-10-13-5-3-2-4-6-13/h2-9H,10-12H2,1H3,(H,20,21). The van der Waals surface area contributed by atoms with Gasteiger partial charge < -0.3 is 19.5 Å². The molecule has 1 N–H and O–H groups in total. The van der Waals surface area contributed by atoms with Crippen LogP contribution >= 0.6 is 15.9 Å². The van der Waals surface area contributed by atoms with Crippen molar-refractivity contribution in [2.45, 2.75) is 12.1 Å². The molecule has 3 rings (SSSR count). The van der Waals surface area contributed by atoms with Crippen LogP contribution in [0.25, 0.3) is 0 Å². The molecule has 0 spiro atoms. The number of alkyl carbamates (subject to hydrolysis) is 1. The molecule has 0 saturated carbocycles. The van der Waals surface area contributed by atoms with E-state index < -0.39 is 11.6 Å². The highest BCUT2D eigenvalue weighted by Crippen LogP contribution is 2.37. The number of rotatable bonds is 5. The van der Waals surface area contributed by atoms with Gasteiger partial charge in [0, 0.05) is 10.0 Å². The van der Waals surface area contributed by atoms with E-state index in [1.165, 1.54) is 0 Å². The first-order valence-electron chi connectivity index (χ1n) is 7.54. The largest absolute Gasteiger partial charge is 0.496 e. The van der Waals surface area contributed by atoms with Gasteiger partial charge in [0.2, 0.25) is 0 Å². The minimum absolute atomic E-state index is 0.223. The van der Waals surface area contributed by atoms with Crippen molar-refractivity contribution < 1.29 is 19.0 Å².